The summed E-state index contributed by atoms with van der Waals surface area (Å²) >= 11 is 0. The van der Waals surface area contributed by atoms with Crippen LogP contribution in [-0.4, -0.2) is 42.8 Å². The van der Waals surface area contributed by atoms with Crippen molar-refractivity contribution in [1.29, 1.82) is 0 Å². The molecule has 1 aliphatic heterocycles. The van der Waals surface area contributed by atoms with E-state index < -0.39 is 18.6 Å². The van der Waals surface area contributed by atoms with Gasteiger partial charge in [-0.1, -0.05) is 6.92 Å². The number of rotatable bonds is 3. The lowest BCUT2D eigenvalue weighted by Gasteiger charge is -2.28. The molecule has 1 N–H and O–H groups in total. The zero-order valence-electron chi connectivity index (χ0n) is 9.98. The minimum Gasteiger partial charge on any atom is -0.313 e. The number of nitrogens with one attached hydrogen (secondary N) is 1. The van der Waals surface area contributed by atoms with Crippen molar-refractivity contribution >= 4 is 0 Å². The highest BCUT2D eigenvalue weighted by molar-refractivity contribution is 4.78. The molecule has 2 unspecified atom stereocenters. The smallest absolute Gasteiger partial charge is 0.313 e. The van der Waals surface area contributed by atoms with Crippen molar-refractivity contribution in [2.75, 3.05) is 19.6 Å². The number of halogens is 3. The average Bonchev–Trinajstić information content (AvgIpc) is 2.39. The maximum Gasteiger partial charge on any atom is 0.390 e. The van der Waals surface area contributed by atoms with Crippen molar-refractivity contribution in [2.45, 2.75) is 51.4 Å². The number of hydrogen-bond donors (Lipinski definition) is 1. The van der Waals surface area contributed by atoms with Crippen molar-refractivity contribution in [3.63, 3.8) is 0 Å². The summed E-state index contributed by atoms with van der Waals surface area (Å²) in [6.07, 6.45) is -2.77. The predicted molar refractivity (Wildman–Crippen MR) is 58.4 cm³/mol. The Hall–Kier alpha value is -0.290. The SMILES string of the molecule is CCC1CCN(C(C)CC(F)(F)F)CCN1. The van der Waals surface area contributed by atoms with Crippen molar-refractivity contribution in [3.05, 3.63) is 0 Å². The van der Waals surface area contributed by atoms with E-state index in [0.29, 0.717) is 12.6 Å². The number of alkyl halides is 3. The molecule has 0 amide bonds. The van der Waals surface area contributed by atoms with Crippen LogP contribution in [0.3, 0.4) is 0 Å². The summed E-state index contributed by atoms with van der Waals surface area (Å²) < 4.78 is 36.8. The summed E-state index contributed by atoms with van der Waals surface area (Å²) in [5, 5.41) is 3.36. The summed E-state index contributed by atoms with van der Waals surface area (Å²) in [6.45, 7) is 6.05. The van der Waals surface area contributed by atoms with Crippen LogP contribution in [0.4, 0.5) is 13.2 Å². The molecule has 0 aliphatic carbocycles. The Labute approximate surface area is 95.2 Å². The molecule has 1 rings (SSSR count). The van der Waals surface area contributed by atoms with Crippen LogP contribution < -0.4 is 5.32 Å². The first kappa shape index (κ1) is 13.8. The lowest BCUT2D eigenvalue weighted by molar-refractivity contribution is -0.145. The molecule has 2 atom stereocenters. The summed E-state index contributed by atoms with van der Waals surface area (Å²) in [5.74, 6) is 0. The average molecular weight is 238 g/mol. The highest BCUT2D eigenvalue weighted by atomic mass is 19.4. The molecular weight excluding hydrogens is 217 g/mol. The Morgan fingerprint density at radius 1 is 1.38 bits per heavy atom. The van der Waals surface area contributed by atoms with E-state index in [1.165, 1.54) is 0 Å². The predicted octanol–water partition coefficient (Wildman–Crippen LogP) is 2.40. The molecule has 96 valence electrons. The first-order valence-corrected chi connectivity index (χ1v) is 5.96. The van der Waals surface area contributed by atoms with Gasteiger partial charge in [0.1, 0.15) is 0 Å². The van der Waals surface area contributed by atoms with Gasteiger partial charge in [0.2, 0.25) is 0 Å². The Balaban J connectivity index is 2.41. The zero-order chi connectivity index (χ0) is 12.2. The van der Waals surface area contributed by atoms with Gasteiger partial charge in [-0.15, -0.1) is 0 Å². The van der Waals surface area contributed by atoms with Gasteiger partial charge in [0.25, 0.3) is 0 Å². The third-order valence-corrected chi connectivity index (χ3v) is 3.24. The number of nitrogens with zero attached hydrogens (tertiary/aromatic N) is 1. The van der Waals surface area contributed by atoms with Crippen molar-refractivity contribution in [3.8, 4) is 0 Å². The summed E-state index contributed by atoms with van der Waals surface area (Å²) in [6, 6.07) is 0.0560. The van der Waals surface area contributed by atoms with E-state index >= 15 is 0 Å². The normalized spacial score (nSPS) is 26.4. The van der Waals surface area contributed by atoms with Gasteiger partial charge in [-0.3, -0.25) is 4.90 Å². The first-order chi connectivity index (χ1) is 7.42. The molecule has 5 heteroatoms. The zero-order valence-corrected chi connectivity index (χ0v) is 9.98. The molecule has 0 aromatic rings. The standard InChI is InChI=1S/C11H21F3N2/c1-3-10-4-6-16(7-5-15-10)9(2)8-11(12,13)14/h9-10,15H,3-8H2,1-2H3. The van der Waals surface area contributed by atoms with Gasteiger partial charge in [-0.05, 0) is 26.3 Å². The fraction of sp³-hybridized carbons (Fsp3) is 1.00. The highest BCUT2D eigenvalue weighted by Crippen LogP contribution is 2.24. The van der Waals surface area contributed by atoms with Gasteiger partial charge >= 0.3 is 6.18 Å². The lowest BCUT2D eigenvalue weighted by atomic mass is 10.1. The Morgan fingerprint density at radius 3 is 2.62 bits per heavy atom. The molecule has 1 heterocycles. The van der Waals surface area contributed by atoms with Gasteiger partial charge in [0.15, 0.2) is 0 Å². The van der Waals surface area contributed by atoms with E-state index in [4.69, 9.17) is 0 Å². The summed E-state index contributed by atoms with van der Waals surface area (Å²) in [7, 11) is 0. The van der Waals surface area contributed by atoms with Crippen LogP contribution >= 0.6 is 0 Å². The summed E-state index contributed by atoms with van der Waals surface area (Å²) in [4.78, 5) is 1.94. The molecule has 1 saturated heterocycles. The Bertz CT molecular complexity index is 206. The fourth-order valence-electron chi connectivity index (χ4n) is 2.20. The fourth-order valence-corrected chi connectivity index (χ4v) is 2.20. The Kier molecular flexibility index (Phi) is 5.05. The Morgan fingerprint density at radius 2 is 2.06 bits per heavy atom. The van der Waals surface area contributed by atoms with E-state index in [-0.39, 0.29) is 0 Å². The second-order valence-corrected chi connectivity index (χ2v) is 4.55. The van der Waals surface area contributed by atoms with E-state index in [1.807, 2.05) is 4.90 Å². The quantitative estimate of drug-likeness (QED) is 0.812. The number of hydrogen-bond acceptors (Lipinski definition) is 2. The van der Waals surface area contributed by atoms with Crippen LogP contribution in [0.2, 0.25) is 0 Å². The third kappa shape index (κ3) is 4.70. The summed E-state index contributed by atoms with van der Waals surface area (Å²) in [5.41, 5.74) is 0. The molecule has 0 radical (unpaired) electrons. The molecule has 0 aromatic carbocycles. The minimum atomic E-state index is -4.05. The van der Waals surface area contributed by atoms with Crippen molar-refractivity contribution in [2.24, 2.45) is 0 Å². The monoisotopic (exact) mass is 238 g/mol. The minimum absolute atomic E-state index is 0.405. The van der Waals surface area contributed by atoms with Gasteiger partial charge in [0.05, 0.1) is 6.42 Å². The van der Waals surface area contributed by atoms with Crippen LogP contribution in [0.25, 0.3) is 0 Å². The van der Waals surface area contributed by atoms with Gasteiger partial charge in [-0.2, -0.15) is 13.2 Å². The van der Waals surface area contributed by atoms with Crippen molar-refractivity contribution < 1.29 is 13.2 Å². The van der Waals surface area contributed by atoms with Crippen molar-refractivity contribution in [1.82, 2.24) is 10.2 Å². The van der Waals surface area contributed by atoms with Gasteiger partial charge in [0, 0.05) is 25.2 Å². The van der Waals surface area contributed by atoms with E-state index in [1.54, 1.807) is 6.92 Å². The largest absolute Gasteiger partial charge is 0.390 e. The molecule has 0 bridgehead atoms. The molecule has 0 saturated carbocycles. The molecule has 0 aromatic heterocycles. The van der Waals surface area contributed by atoms with Gasteiger partial charge < -0.3 is 5.32 Å². The maximum atomic E-state index is 12.3. The molecule has 0 spiro atoms. The third-order valence-electron chi connectivity index (χ3n) is 3.24. The van der Waals surface area contributed by atoms with Crippen LogP contribution in [0.15, 0.2) is 0 Å². The van der Waals surface area contributed by atoms with E-state index in [0.717, 1.165) is 25.9 Å². The lowest BCUT2D eigenvalue weighted by Crippen LogP contribution is -2.38. The van der Waals surface area contributed by atoms with E-state index in [9.17, 15) is 13.2 Å². The molecule has 16 heavy (non-hydrogen) atoms. The topological polar surface area (TPSA) is 15.3 Å². The van der Waals surface area contributed by atoms with Crippen LogP contribution in [0.5, 0.6) is 0 Å². The second kappa shape index (κ2) is 5.87. The van der Waals surface area contributed by atoms with E-state index in [2.05, 4.69) is 12.2 Å². The highest BCUT2D eigenvalue weighted by Gasteiger charge is 2.32. The van der Waals surface area contributed by atoms with Crippen LogP contribution in [0, 0.1) is 0 Å². The molecule has 1 aliphatic rings. The second-order valence-electron chi connectivity index (χ2n) is 4.55. The van der Waals surface area contributed by atoms with Gasteiger partial charge in [-0.25, -0.2) is 0 Å². The van der Waals surface area contributed by atoms with Crippen LogP contribution in [-0.2, 0) is 0 Å². The molecule has 1 fully saturated rings. The maximum absolute atomic E-state index is 12.3. The first-order valence-electron chi connectivity index (χ1n) is 5.96. The van der Waals surface area contributed by atoms with Crippen LogP contribution in [0.1, 0.15) is 33.1 Å². The molecular formula is C11H21F3N2. The molecule has 2 nitrogen and oxygen atoms in total.